The van der Waals surface area contributed by atoms with Crippen molar-refractivity contribution in [3.8, 4) is 11.4 Å². The Kier molecular flexibility index (Phi) is 6.57. The van der Waals surface area contributed by atoms with E-state index in [9.17, 15) is 18.0 Å². The number of nitrogens with one attached hydrogen (secondary N) is 1. The number of alkyl halides is 2. The number of hydrogen-bond donors (Lipinski definition) is 2. The van der Waals surface area contributed by atoms with Crippen LogP contribution in [0, 0.1) is 5.82 Å². The summed E-state index contributed by atoms with van der Waals surface area (Å²) in [5, 5.41) is 8.66. The van der Waals surface area contributed by atoms with E-state index in [4.69, 9.17) is 5.21 Å². The number of benzene rings is 2. The summed E-state index contributed by atoms with van der Waals surface area (Å²) in [6.07, 6.45) is 1.83. The minimum absolute atomic E-state index is 0.135. The highest BCUT2D eigenvalue weighted by molar-refractivity contribution is 5.91. The van der Waals surface area contributed by atoms with Gasteiger partial charge < -0.3 is 4.57 Å². The van der Waals surface area contributed by atoms with Crippen LogP contribution in [0.25, 0.3) is 28.5 Å². The van der Waals surface area contributed by atoms with Crippen molar-refractivity contribution in [2.45, 2.75) is 25.3 Å². The number of piperidine rings is 1. The first-order valence-electron chi connectivity index (χ1n) is 10.4. The molecule has 2 aromatic carbocycles. The van der Waals surface area contributed by atoms with Crippen LogP contribution < -0.4 is 5.48 Å². The first-order valence-corrected chi connectivity index (χ1v) is 10.4. The van der Waals surface area contributed by atoms with Crippen LogP contribution >= 0.6 is 0 Å². The molecule has 0 radical (unpaired) electrons. The van der Waals surface area contributed by atoms with Crippen molar-refractivity contribution >= 4 is 23.0 Å². The molecule has 1 fully saturated rings. The lowest BCUT2D eigenvalue weighted by atomic mass is 10.0. The Hall–Kier alpha value is -3.17. The number of imidazole rings is 1. The molecule has 1 atom stereocenters. The second-order valence-corrected chi connectivity index (χ2v) is 7.79. The Morgan fingerprint density at radius 2 is 2.09 bits per heavy atom. The molecule has 3 aromatic rings. The molecule has 1 aromatic heterocycles. The second kappa shape index (κ2) is 9.54. The van der Waals surface area contributed by atoms with Crippen molar-refractivity contribution in [1.82, 2.24) is 19.9 Å². The molecular formula is C23H23F3N4O2. The maximum Gasteiger partial charge on any atom is 0.267 e. The van der Waals surface area contributed by atoms with Gasteiger partial charge in [0, 0.05) is 24.2 Å². The Morgan fingerprint density at radius 1 is 1.28 bits per heavy atom. The fourth-order valence-corrected chi connectivity index (χ4v) is 4.25. The van der Waals surface area contributed by atoms with E-state index < -0.39 is 18.1 Å². The molecule has 6 nitrogen and oxygen atoms in total. The smallest absolute Gasteiger partial charge is 0.267 e. The molecule has 32 heavy (non-hydrogen) atoms. The number of para-hydroxylation sites is 1. The van der Waals surface area contributed by atoms with Gasteiger partial charge in [-0.25, -0.2) is 23.6 Å². The minimum atomic E-state index is -2.41. The van der Waals surface area contributed by atoms with Crippen molar-refractivity contribution < 1.29 is 23.2 Å². The predicted molar refractivity (Wildman–Crippen MR) is 115 cm³/mol. The van der Waals surface area contributed by atoms with Gasteiger partial charge in [-0.05, 0) is 49.2 Å². The molecule has 1 unspecified atom stereocenters. The number of amides is 1. The van der Waals surface area contributed by atoms with E-state index in [1.165, 1.54) is 23.7 Å². The first kappa shape index (κ1) is 22.0. The van der Waals surface area contributed by atoms with E-state index in [-0.39, 0.29) is 18.1 Å². The zero-order valence-corrected chi connectivity index (χ0v) is 17.2. The number of likely N-dealkylation sites (tertiary alicyclic amines) is 1. The third kappa shape index (κ3) is 4.68. The van der Waals surface area contributed by atoms with Gasteiger partial charge in [-0.15, -0.1) is 0 Å². The molecule has 9 heteroatoms. The molecule has 1 aliphatic rings. The summed E-state index contributed by atoms with van der Waals surface area (Å²) in [5.41, 5.74) is 3.77. The summed E-state index contributed by atoms with van der Waals surface area (Å²) in [7, 11) is 0. The first-order chi connectivity index (χ1) is 15.5. The lowest BCUT2D eigenvalue weighted by Gasteiger charge is -2.34. The van der Waals surface area contributed by atoms with E-state index in [1.54, 1.807) is 35.2 Å². The van der Waals surface area contributed by atoms with Gasteiger partial charge in [-0.1, -0.05) is 24.3 Å². The maximum atomic E-state index is 14.6. The quantitative estimate of drug-likeness (QED) is 0.339. The monoisotopic (exact) mass is 444 g/mol. The van der Waals surface area contributed by atoms with Crippen LogP contribution in [0.3, 0.4) is 0 Å². The van der Waals surface area contributed by atoms with Gasteiger partial charge in [-0.3, -0.25) is 14.9 Å². The van der Waals surface area contributed by atoms with Crippen molar-refractivity contribution in [2.24, 2.45) is 0 Å². The van der Waals surface area contributed by atoms with Crippen LogP contribution in [0.4, 0.5) is 13.2 Å². The summed E-state index contributed by atoms with van der Waals surface area (Å²) in [6, 6.07) is 11.8. The predicted octanol–water partition coefficient (Wildman–Crippen LogP) is 4.26. The summed E-state index contributed by atoms with van der Waals surface area (Å²) in [5.74, 6) is -0.569. The van der Waals surface area contributed by atoms with Crippen LogP contribution in [0.2, 0.25) is 0 Å². The fraction of sp³-hybridized carbons (Fsp3) is 0.304. The number of hydrogen-bond acceptors (Lipinski definition) is 4. The Morgan fingerprint density at radius 3 is 2.88 bits per heavy atom. The summed E-state index contributed by atoms with van der Waals surface area (Å²) >= 11 is 0. The molecule has 1 amide bonds. The Bertz CT molecular complexity index is 1150. The highest BCUT2D eigenvalue weighted by Gasteiger charge is 2.27. The minimum Gasteiger partial charge on any atom is -0.319 e. The number of fused-ring (bicyclic) bond motifs is 1. The molecule has 0 spiro atoms. The van der Waals surface area contributed by atoms with E-state index in [1.807, 2.05) is 10.6 Å². The van der Waals surface area contributed by atoms with Gasteiger partial charge >= 0.3 is 0 Å². The SMILES string of the molecule is O=C(C=Cc1cccc(-c2nc3c(F)cccc3n2C2CCCN(CC(F)F)C2)c1)NO. The molecule has 2 heterocycles. The average molecular weight is 444 g/mol. The number of carbonyl (C=O) groups is 1. The standard InChI is InChI=1S/C23H23F3N4O2/c24-18-7-2-8-19-22(18)27-23(16-5-1-4-15(12-16)9-10-21(31)28-32)30(19)17-6-3-11-29(13-17)14-20(25)26/h1-2,4-5,7-10,12,17,20,32H,3,6,11,13-14H2,(H,28,31). The summed E-state index contributed by atoms with van der Waals surface area (Å²) in [6.45, 7) is 0.736. The molecular weight excluding hydrogens is 421 g/mol. The third-order valence-electron chi connectivity index (χ3n) is 5.60. The number of rotatable bonds is 6. The molecule has 4 rings (SSSR count). The Balaban J connectivity index is 1.78. The van der Waals surface area contributed by atoms with Crippen molar-refractivity contribution in [1.29, 1.82) is 0 Å². The van der Waals surface area contributed by atoms with E-state index in [0.29, 0.717) is 35.6 Å². The number of halogens is 3. The van der Waals surface area contributed by atoms with E-state index in [0.717, 1.165) is 12.8 Å². The average Bonchev–Trinajstić information content (AvgIpc) is 3.18. The molecule has 0 aliphatic carbocycles. The zero-order chi connectivity index (χ0) is 22.7. The maximum absolute atomic E-state index is 14.6. The molecule has 0 saturated carbocycles. The highest BCUT2D eigenvalue weighted by atomic mass is 19.3. The number of nitrogens with zero attached hydrogens (tertiary/aromatic N) is 3. The summed E-state index contributed by atoms with van der Waals surface area (Å²) in [4.78, 5) is 17.6. The topological polar surface area (TPSA) is 70.4 Å². The molecule has 168 valence electrons. The zero-order valence-electron chi connectivity index (χ0n) is 17.2. The highest BCUT2D eigenvalue weighted by Crippen LogP contribution is 2.34. The molecule has 0 bridgehead atoms. The third-order valence-corrected chi connectivity index (χ3v) is 5.60. The van der Waals surface area contributed by atoms with Gasteiger partial charge in [0.1, 0.15) is 11.3 Å². The lowest BCUT2D eigenvalue weighted by molar-refractivity contribution is -0.124. The van der Waals surface area contributed by atoms with E-state index >= 15 is 0 Å². The largest absolute Gasteiger partial charge is 0.319 e. The van der Waals surface area contributed by atoms with Crippen LogP contribution in [0.1, 0.15) is 24.4 Å². The number of hydroxylamine groups is 1. The van der Waals surface area contributed by atoms with Gasteiger partial charge in [0.25, 0.3) is 12.3 Å². The second-order valence-electron chi connectivity index (χ2n) is 7.79. The van der Waals surface area contributed by atoms with Crippen LogP contribution in [-0.2, 0) is 4.79 Å². The number of aromatic nitrogens is 2. The van der Waals surface area contributed by atoms with Crippen LogP contribution in [-0.4, -0.2) is 51.6 Å². The molecule has 1 saturated heterocycles. The van der Waals surface area contributed by atoms with Gasteiger partial charge in [-0.2, -0.15) is 0 Å². The Labute approximate surface area is 182 Å². The molecule has 1 aliphatic heterocycles. The lowest BCUT2D eigenvalue weighted by Crippen LogP contribution is -2.39. The number of carbonyl (C=O) groups excluding carboxylic acids is 1. The van der Waals surface area contributed by atoms with Crippen LogP contribution in [0.5, 0.6) is 0 Å². The van der Waals surface area contributed by atoms with Gasteiger partial charge in [0.15, 0.2) is 5.82 Å². The normalized spacial score (nSPS) is 17.5. The fourth-order valence-electron chi connectivity index (χ4n) is 4.25. The van der Waals surface area contributed by atoms with Crippen molar-refractivity contribution in [3.63, 3.8) is 0 Å². The van der Waals surface area contributed by atoms with Crippen molar-refractivity contribution in [3.05, 3.63) is 59.9 Å². The van der Waals surface area contributed by atoms with Gasteiger partial charge in [0.2, 0.25) is 0 Å². The van der Waals surface area contributed by atoms with Gasteiger partial charge in [0.05, 0.1) is 12.1 Å². The van der Waals surface area contributed by atoms with E-state index in [2.05, 4.69) is 4.98 Å². The summed E-state index contributed by atoms with van der Waals surface area (Å²) < 4.78 is 42.5. The molecule has 2 N–H and O–H groups in total. The van der Waals surface area contributed by atoms with Crippen LogP contribution in [0.15, 0.2) is 48.5 Å². The van der Waals surface area contributed by atoms with Crippen molar-refractivity contribution in [2.75, 3.05) is 19.6 Å².